The number of ether oxygens (including phenoxy) is 1. The second kappa shape index (κ2) is 7.29. The Bertz CT molecular complexity index is 463. The zero-order valence-electron chi connectivity index (χ0n) is 13.4. The van der Waals surface area contributed by atoms with E-state index in [1.165, 1.54) is 12.3 Å². The molecule has 118 valence electrons. The molecule has 1 aromatic heterocycles. The second-order valence-electron chi connectivity index (χ2n) is 6.23. The van der Waals surface area contributed by atoms with E-state index >= 15 is 0 Å². The van der Waals surface area contributed by atoms with Crippen molar-refractivity contribution in [2.24, 2.45) is 5.92 Å². The number of hydrogen-bond acceptors (Lipinski definition) is 4. The van der Waals surface area contributed by atoms with Crippen molar-refractivity contribution < 1.29 is 18.7 Å². The first-order valence-electron chi connectivity index (χ1n) is 7.31. The van der Waals surface area contributed by atoms with E-state index < -0.39 is 12.1 Å². The molecule has 0 radical (unpaired) electrons. The number of esters is 1. The third kappa shape index (κ3) is 5.61. The average Bonchev–Trinajstić information content (AvgIpc) is 2.90. The molecule has 0 saturated heterocycles. The zero-order valence-corrected chi connectivity index (χ0v) is 13.4. The number of carbonyl (C=O) groups is 2. The maximum atomic E-state index is 12.3. The summed E-state index contributed by atoms with van der Waals surface area (Å²) in [5, 5.41) is 2.92. The van der Waals surface area contributed by atoms with Crippen molar-refractivity contribution in [3.63, 3.8) is 0 Å². The van der Waals surface area contributed by atoms with Gasteiger partial charge in [-0.15, -0.1) is 0 Å². The first-order chi connectivity index (χ1) is 9.75. The van der Waals surface area contributed by atoms with Crippen LogP contribution >= 0.6 is 0 Å². The van der Waals surface area contributed by atoms with E-state index in [0.717, 1.165) is 6.42 Å². The summed E-state index contributed by atoms with van der Waals surface area (Å²) in [7, 11) is 0. The molecule has 1 aromatic rings. The van der Waals surface area contributed by atoms with Crippen LogP contribution in [0.25, 0.3) is 0 Å². The fourth-order valence-corrected chi connectivity index (χ4v) is 1.72. The van der Waals surface area contributed by atoms with Crippen LogP contribution in [0.4, 0.5) is 0 Å². The molecule has 1 rings (SSSR count). The molecule has 0 fully saturated rings. The predicted octanol–water partition coefficient (Wildman–Crippen LogP) is 3.16. The van der Waals surface area contributed by atoms with Gasteiger partial charge in [-0.05, 0) is 44.7 Å². The Balaban J connectivity index is 2.75. The largest absolute Gasteiger partial charge is 0.457 e. The number of amides is 1. The van der Waals surface area contributed by atoms with Crippen molar-refractivity contribution in [1.82, 2.24) is 5.32 Å². The Morgan fingerprint density at radius 3 is 2.52 bits per heavy atom. The summed E-state index contributed by atoms with van der Waals surface area (Å²) in [6.45, 7) is 9.82. The van der Waals surface area contributed by atoms with E-state index in [0.29, 0.717) is 6.42 Å². The maximum absolute atomic E-state index is 12.3. The number of nitrogens with one attached hydrogen (secondary N) is 1. The Morgan fingerprint density at radius 1 is 1.38 bits per heavy atom. The van der Waals surface area contributed by atoms with E-state index in [4.69, 9.17) is 9.15 Å². The molecule has 0 aliphatic rings. The molecule has 0 aliphatic heterocycles. The van der Waals surface area contributed by atoms with Gasteiger partial charge in [-0.2, -0.15) is 0 Å². The van der Waals surface area contributed by atoms with E-state index in [-0.39, 0.29) is 23.1 Å². The summed E-state index contributed by atoms with van der Waals surface area (Å²) >= 11 is 0. The predicted molar refractivity (Wildman–Crippen MR) is 79.9 cm³/mol. The SMILES string of the molecule is CCC(C)(C)NC(=O)C(CC(C)C)OC(=O)c1ccco1. The molecule has 1 heterocycles. The van der Waals surface area contributed by atoms with Crippen LogP contribution in [0.5, 0.6) is 0 Å². The Labute approximate surface area is 126 Å². The highest BCUT2D eigenvalue weighted by Gasteiger charge is 2.29. The van der Waals surface area contributed by atoms with Crippen LogP contribution in [0.3, 0.4) is 0 Å². The lowest BCUT2D eigenvalue weighted by atomic mass is 10.00. The smallest absolute Gasteiger partial charge is 0.374 e. The van der Waals surface area contributed by atoms with Gasteiger partial charge in [-0.3, -0.25) is 4.79 Å². The van der Waals surface area contributed by atoms with Gasteiger partial charge in [0.2, 0.25) is 5.76 Å². The topological polar surface area (TPSA) is 68.5 Å². The lowest BCUT2D eigenvalue weighted by Crippen LogP contribution is -2.49. The van der Waals surface area contributed by atoms with E-state index in [2.05, 4.69) is 5.32 Å². The van der Waals surface area contributed by atoms with E-state index in [9.17, 15) is 9.59 Å². The molecule has 5 heteroatoms. The minimum absolute atomic E-state index is 0.103. The van der Waals surface area contributed by atoms with Gasteiger partial charge in [-0.1, -0.05) is 20.8 Å². The molecule has 1 atom stereocenters. The highest BCUT2D eigenvalue weighted by Crippen LogP contribution is 2.15. The average molecular weight is 295 g/mol. The molecule has 0 saturated carbocycles. The summed E-state index contributed by atoms with van der Waals surface area (Å²) in [4.78, 5) is 24.3. The second-order valence-corrected chi connectivity index (χ2v) is 6.23. The highest BCUT2D eigenvalue weighted by atomic mass is 16.6. The van der Waals surface area contributed by atoms with Crippen LogP contribution in [0.2, 0.25) is 0 Å². The van der Waals surface area contributed by atoms with Crippen LogP contribution in [0.15, 0.2) is 22.8 Å². The normalized spacial score (nSPS) is 13.0. The van der Waals surface area contributed by atoms with Crippen molar-refractivity contribution in [3.05, 3.63) is 24.2 Å². The van der Waals surface area contributed by atoms with Gasteiger partial charge >= 0.3 is 5.97 Å². The van der Waals surface area contributed by atoms with Gasteiger partial charge in [0, 0.05) is 5.54 Å². The van der Waals surface area contributed by atoms with E-state index in [1.54, 1.807) is 6.07 Å². The quantitative estimate of drug-likeness (QED) is 0.785. The third-order valence-corrected chi connectivity index (χ3v) is 3.30. The van der Waals surface area contributed by atoms with Crippen molar-refractivity contribution in [1.29, 1.82) is 0 Å². The van der Waals surface area contributed by atoms with E-state index in [1.807, 2.05) is 34.6 Å². The number of hydrogen-bond donors (Lipinski definition) is 1. The summed E-state index contributed by atoms with van der Waals surface area (Å²) in [6.07, 6.45) is 1.85. The number of carbonyl (C=O) groups excluding carboxylic acids is 2. The molecule has 1 unspecified atom stereocenters. The molecular weight excluding hydrogens is 270 g/mol. The molecule has 1 N–H and O–H groups in total. The van der Waals surface area contributed by atoms with Crippen molar-refractivity contribution >= 4 is 11.9 Å². The van der Waals surface area contributed by atoms with Gasteiger partial charge in [0.15, 0.2) is 6.10 Å². The van der Waals surface area contributed by atoms with Gasteiger partial charge in [0.1, 0.15) is 0 Å². The fourth-order valence-electron chi connectivity index (χ4n) is 1.72. The molecule has 21 heavy (non-hydrogen) atoms. The number of rotatable bonds is 7. The molecule has 0 spiro atoms. The standard InChI is InChI=1S/C16H25NO4/c1-6-16(4,5)17-14(18)13(10-11(2)3)21-15(19)12-8-7-9-20-12/h7-9,11,13H,6,10H2,1-5H3,(H,17,18). The minimum atomic E-state index is -0.812. The monoisotopic (exact) mass is 295 g/mol. The van der Waals surface area contributed by atoms with Gasteiger partial charge in [-0.25, -0.2) is 4.79 Å². The van der Waals surface area contributed by atoms with Crippen LogP contribution in [0.1, 0.15) is 58.0 Å². The van der Waals surface area contributed by atoms with Gasteiger partial charge in [0.25, 0.3) is 5.91 Å². The highest BCUT2D eigenvalue weighted by molar-refractivity contribution is 5.90. The Kier molecular flexibility index (Phi) is 6.00. The summed E-state index contributed by atoms with van der Waals surface area (Å²) in [6, 6.07) is 3.12. The van der Waals surface area contributed by atoms with Gasteiger partial charge in [0.05, 0.1) is 6.26 Å². The maximum Gasteiger partial charge on any atom is 0.374 e. The molecular formula is C16H25NO4. The minimum Gasteiger partial charge on any atom is -0.457 e. The van der Waals surface area contributed by atoms with Crippen molar-refractivity contribution in [3.8, 4) is 0 Å². The van der Waals surface area contributed by atoms with Crippen LogP contribution in [0, 0.1) is 5.92 Å². The van der Waals surface area contributed by atoms with Crippen molar-refractivity contribution in [2.45, 2.75) is 59.1 Å². The third-order valence-electron chi connectivity index (χ3n) is 3.30. The summed E-state index contributed by atoms with van der Waals surface area (Å²) in [5.74, 6) is -0.549. The molecule has 1 amide bonds. The van der Waals surface area contributed by atoms with Crippen LogP contribution in [-0.2, 0) is 9.53 Å². The lowest BCUT2D eigenvalue weighted by Gasteiger charge is -2.28. The molecule has 5 nitrogen and oxygen atoms in total. The summed E-state index contributed by atoms with van der Waals surface area (Å²) in [5.41, 5.74) is -0.330. The Morgan fingerprint density at radius 2 is 2.05 bits per heavy atom. The van der Waals surface area contributed by atoms with Crippen LogP contribution in [-0.4, -0.2) is 23.5 Å². The lowest BCUT2D eigenvalue weighted by molar-refractivity contribution is -0.132. The molecule has 0 aliphatic carbocycles. The first-order valence-corrected chi connectivity index (χ1v) is 7.31. The van der Waals surface area contributed by atoms with Crippen LogP contribution < -0.4 is 5.32 Å². The molecule has 0 bridgehead atoms. The fraction of sp³-hybridized carbons (Fsp3) is 0.625. The van der Waals surface area contributed by atoms with Crippen molar-refractivity contribution in [2.75, 3.05) is 0 Å². The first kappa shape index (κ1) is 17.3. The number of furan rings is 1. The summed E-state index contributed by atoms with van der Waals surface area (Å²) < 4.78 is 10.3. The zero-order chi connectivity index (χ0) is 16.0. The van der Waals surface area contributed by atoms with Gasteiger partial charge < -0.3 is 14.5 Å². The molecule has 0 aromatic carbocycles. The Hall–Kier alpha value is -1.78.